The third kappa shape index (κ3) is 4.17. The first-order chi connectivity index (χ1) is 9.69. The van der Waals surface area contributed by atoms with E-state index in [4.69, 9.17) is 0 Å². The molecule has 1 nitrogen and oxygen atoms in total. The standard InChI is InChI=1S/C18H22FN/c1-3-10-20-18(16-8-4-6-14(2)11-16)13-15-7-5-9-17(19)12-15/h4-9,11-12,18,20H,3,10,13H2,1-2H3. The second kappa shape index (κ2) is 7.20. The lowest BCUT2D eigenvalue weighted by Gasteiger charge is -2.19. The molecule has 0 saturated heterocycles. The van der Waals surface area contributed by atoms with Gasteiger partial charge in [-0.25, -0.2) is 4.39 Å². The van der Waals surface area contributed by atoms with Crippen LogP contribution in [0.3, 0.4) is 0 Å². The summed E-state index contributed by atoms with van der Waals surface area (Å²) in [6.07, 6.45) is 1.90. The van der Waals surface area contributed by atoms with Crippen molar-refractivity contribution < 1.29 is 4.39 Å². The van der Waals surface area contributed by atoms with Crippen molar-refractivity contribution in [2.24, 2.45) is 0 Å². The zero-order chi connectivity index (χ0) is 14.4. The van der Waals surface area contributed by atoms with Crippen LogP contribution in [0, 0.1) is 12.7 Å². The van der Waals surface area contributed by atoms with Crippen LogP contribution in [0.4, 0.5) is 4.39 Å². The fourth-order valence-electron chi connectivity index (χ4n) is 2.41. The Morgan fingerprint density at radius 2 is 1.90 bits per heavy atom. The lowest BCUT2D eigenvalue weighted by Crippen LogP contribution is -2.24. The molecule has 2 rings (SSSR count). The van der Waals surface area contributed by atoms with Gasteiger partial charge in [-0.15, -0.1) is 0 Å². The van der Waals surface area contributed by atoms with E-state index in [1.807, 2.05) is 6.07 Å². The fraction of sp³-hybridized carbons (Fsp3) is 0.333. The molecular weight excluding hydrogens is 249 g/mol. The van der Waals surface area contributed by atoms with E-state index in [2.05, 4.69) is 43.4 Å². The molecule has 0 aliphatic rings. The minimum absolute atomic E-state index is 0.166. The number of aryl methyl sites for hydroxylation is 1. The van der Waals surface area contributed by atoms with Crippen LogP contribution in [0.2, 0.25) is 0 Å². The molecule has 1 unspecified atom stereocenters. The zero-order valence-electron chi connectivity index (χ0n) is 12.2. The van der Waals surface area contributed by atoms with Gasteiger partial charge in [-0.05, 0) is 49.6 Å². The summed E-state index contributed by atoms with van der Waals surface area (Å²) in [7, 11) is 0. The third-order valence-electron chi connectivity index (χ3n) is 3.41. The van der Waals surface area contributed by atoms with Crippen molar-refractivity contribution in [2.45, 2.75) is 32.7 Å². The zero-order valence-corrected chi connectivity index (χ0v) is 12.2. The first-order valence-corrected chi connectivity index (χ1v) is 7.23. The minimum Gasteiger partial charge on any atom is -0.310 e. The topological polar surface area (TPSA) is 12.0 Å². The van der Waals surface area contributed by atoms with Crippen LogP contribution in [0.25, 0.3) is 0 Å². The summed E-state index contributed by atoms with van der Waals surface area (Å²) in [5.74, 6) is -0.166. The Balaban J connectivity index is 2.19. The van der Waals surface area contributed by atoms with Crippen LogP contribution >= 0.6 is 0 Å². The highest BCUT2D eigenvalue weighted by Crippen LogP contribution is 2.20. The molecule has 2 aromatic carbocycles. The molecule has 106 valence electrons. The Morgan fingerprint density at radius 1 is 1.10 bits per heavy atom. The molecule has 1 N–H and O–H groups in total. The van der Waals surface area contributed by atoms with Gasteiger partial charge in [-0.3, -0.25) is 0 Å². The quantitative estimate of drug-likeness (QED) is 0.820. The van der Waals surface area contributed by atoms with Crippen molar-refractivity contribution >= 4 is 0 Å². The highest BCUT2D eigenvalue weighted by Gasteiger charge is 2.12. The molecule has 0 bridgehead atoms. The van der Waals surface area contributed by atoms with Crippen LogP contribution in [0.5, 0.6) is 0 Å². The normalized spacial score (nSPS) is 12.3. The van der Waals surface area contributed by atoms with E-state index in [-0.39, 0.29) is 11.9 Å². The first-order valence-electron chi connectivity index (χ1n) is 7.23. The van der Waals surface area contributed by atoms with Crippen LogP contribution in [-0.4, -0.2) is 6.54 Å². The maximum Gasteiger partial charge on any atom is 0.123 e. The Bertz CT molecular complexity index is 551. The number of halogens is 1. The smallest absolute Gasteiger partial charge is 0.123 e. The van der Waals surface area contributed by atoms with Gasteiger partial charge in [0.1, 0.15) is 5.82 Å². The number of benzene rings is 2. The summed E-state index contributed by atoms with van der Waals surface area (Å²) in [5, 5.41) is 3.56. The number of nitrogens with one attached hydrogen (secondary N) is 1. The maximum atomic E-state index is 13.3. The lowest BCUT2D eigenvalue weighted by molar-refractivity contribution is 0.527. The van der Waals surface area contributed by atoms with E-state index in [1.54, 1.807) is 12.1 Å². The van der Waals surface area contributed by atoms with Crippen molar-refractivity contribution in [3.63, 3.8) is 0 Å². The second-order valence-corrected chi connectivity index (χ2v) is 5.25. The Morgan fingerprint density at radius 3 is 2.60 bits per heavy atom. The minimum atomic E-state index is -0.166. The van der Waals surface area contributed by atoms with Crippen LogP contribution in [0.15, 0.2) is 48.5 Å². The molecule has 1 atom stereocenters. The predicted octanol–water partition coefficient (Wildman–Crippen LogP) is 4.42. The summed E-state index contributed by atoms with van der Waals surface area (Å²) in [5.41, 5.74) is 3.55. The summed E-state index contributed by atoms with van der Waals surface area (Å²) in [6, 6.07) is 15.6. The Hall–Kier alpha value is -1.67. The summed E-state index contributed by atoms with van der Waals surface area (Å²) >= 11 is 0. The van der Waals surface area contributed by atoms with Gasteiger partial charge in [0.15, 0.2) is 0 Å². The maximum absolute atomic E-state index is 13.3. The van der Waals surface area contributed by atoms with E-state index in [1.165, 1.54) is 17.2 Å². The van der Waals surface area contributed by atoms with Crippen LogP contribution < -0.4 is 5.32 Å². The van der Waals surface area contributed by atoms with E-state index in [0.717, 1.165) is 24.9 Å². The second-order valence-electron chi connectivity index (χ2n) is 5.25. The largest absolute Gasteiger partial charge is 0.310 e. The Kier molecular flexibility index (Phi) is 5.31. The van der Waals surface area contributed by atoms with E-state index in [9.17, 15) is 4.39 Å². The van der Waals surface area contributed by atoms with Gasteiger partial charge in [-0.2, -0.15) is 0 Å². The van der Waals surface area contributed by atoms with Crippen molar-refractivity contribution in [1.29, 1.82) is 0 Å². The number of hydrogen-bond donors (Lipinski definition) is 1. The Labute approximate surface area is 120 Å². The molecule has 2 aromatic rings. The van der Waals surface area contributed by atoms with E-state index >= 15 is 0 Å². The molecule has 0 amide bonds. The molecule has 0 spiro atoms. The molecule has 0 radical (unpaired) electrons. The molecule has 2 heteroatoms. The van der Waals surface area contributed by atoms with Crippen molar-refractivity contribution in [2.75, 3.05) is 6.54 Å². The van der Waals surface area contributed by atoms with Gasteiger partial charge in [0.2, 0.25) is 0 Å². The number of rotatable bonds is 6. The molecule has 0 fully saturated rings. The average molecular weight is 271 g/mol. The summed E-state index contributed by atoms with van der Waals surface area (Å²) < 4.78 is 13.3. The fourth-order valence-corrected chi connectivity index (χ4v) is 2.41. The van der Waals surface area contributed by atoms with Gasteiger partial charge in [0.05, 0.1) is 0 Å². The van der Waals surface area contributed by atoms with Crippen LogP contribution in [0.1, 0.15) is 36.1 Å². The summed E-state index contributed by atoms with van der Waals surface area (Å²) in [6.45, 7) is 5.22. The van der Waals surface area contributed by atoms with Gasteiger partial charge in [0, 0.05) is 6.04 Å². The molecule has 0 aliphatic heterocycles. The van der Waals surface area contributed by atoms with Crippen molar-refractivity contribution in [3.8, 4) is 0 Å². The van der Waals surface area contributed by atoms with Gasteiger partial charge < -0.3 is 5.32 Å². The molecule has 0 aliphatic carbocycles. The third-order valence-corrected chi connectivity index (χ3v) is 3.41. The van der Waals surface area contributed by atoms with E-state index < -0.39 is 0 Å². The summed E-state index contributed by atoms with van der Waals surface area (Å²) in [4.78, 5) is 0. The van der Waals surface area contributed by atoms with Crippen molar-refractivity contribution in [3.05, 3.63) is 71.0 Å². The van der Waals surface area contributed by atoms with Gasteiger partial charge in [0.25, 0.3) is 0 Å². The monoisotopic (exact) mass is 271 g/mol. The first kappa shape index (κ1) is 14.7. The molecular formula is C18H22FN. The SMILES string of the molecule is CCCNC(Cc1cccc(F)c1)c1cccc(C)c1. The van der Waals surface area contributed by atoms with E-state index in [0.29, 0.717) is 0 Å². The van der Waals surface area contributed by atoms with Crippen molar-refractivity contribution in [1.82, 2.24) is 5.32 Å². The lowest BCUT2D eigenvalue weighted by atomic mass is 9.97. The molecule has 0 saturated carbocycles. The van der Waals surface area contributed by atoms with Gasteiger partial charge in [-0.1, -0.05) is 48.9 Å². The molecule has 0 heterocycles. The predicted molar refractivity (Wildman–Crippen MR) is 82.3 cm³/mol. The van der Waals surface area contributed by atoms with Crippen LogP contribution in [-0.2, 0) is 6.42 Å². The highest BCUT2D eigenvalue weighted by atomic mass is 19.1. The average Bonchev–Trinajstić information content (AvgIpc) is 2.43. The van der Waals surface area contributed by atoms with Gasteiger partial charge >= 0.3 is 0 Å². The molecule has 20 heavy (non-hydrogen) atoms. The molecule has 0 aromatic heterocycles. The number of hydrogen-bond acceptors (Lipinski definition) is 1. The highest BCUT2D eigenvalue weighted by molar-refractivity contribution is 5.27.